The van der Waals surface area contributed by atoms with Crippen molar-refractivity contribution >= 4 is 17.5 Å². The van der Waals surface area contributed by atoms with Gasteiger partial charge in [0.1, 0.15) is 11.2 Å². The van der Waals surface area contributed by atoms with E-state index in [1.54, 1.807) is 13.8 Å². The zero-order chi connectivity index (χ0) is 11.2. The van der Waals surface area contributed by atoms with E-state index in [0.717, 1.165) is 0 Å². The molecule has 0 N–H and O–H groups in total. The molecule has 0 unspecified atom stereocenters. The Kier molecular flexibility index (Phi) is 2.17. The normalized spacial score (nSPS) is 38.5. The summed E-state index contributed by atoms with van der Waals surface area (Å²) in [7, 11) is 0. The van der Waals surface area contributed by atoms with Crippen LogP contribution in [0.15, 0.2) is 0 Å². The van der Waals surface area contributed by atoms with Crippen LogP contribution in [0.1, 0.15) is 26.7 Å². The molecule has 0 aliphatic heterocycles. The summed E-state index contributed by atoms with van der Waals surface area (Å²) >= 11 is 0. The minimum absolute atomic E-state index is 0.00762. The van der Waals surface area contributed by atoms with Gasteiger partial charge in [0.2, 0.25) is 0 Å². The van der Waals surface area contributed by atoms with E-state index >= 15 is 0 Å². The summed E-state index contributed by atoms with van der Waals surface area (Å²) in [5, 5.41) is 0. The smallest absolute Gasteiger partial charge is 0.319 e. The van der Waals surface area contributed by atoms with Crippen LogP contribution in [-0.4, -0.2) is 24.1 Å². The molecule has 2 aliphatic rings. The highest BCUT2D eigenvalue weighted by molar-refractivity contribution is 6.15. The molecular weight excluding hydrogens is 196 g/mol. The van der Waals surface area contributed by atoms with E-state index in [2.05, 4.69) is 0 Å². The fourth-order valence-electron chi connectivity index (χ4n) is 2.41. The van der Waals surface area contributed by atoms with Crippen molar-refractivity contribution in [2.45, 2.75) is 26.7 Å². The summed E-state index contributed by atoms with van der Waals surface area (Å²) in [6, 6.07) is 0. The third-order valence-corrected chi connectivity index (χ3v) is 3.56. The number of ether oxygens (including phenoxy) is 1. The van der Waals surface area contributed by atoms with Crippen LogP contribution in [0.2, 0.25) is 0 Å². The molecule has 2 aliphatic carbocycles. The number of hydrogen-bond acceptors (Lipinski definition) is 4. The third-order valence-electron chi connectivity index (χ3n) is 3.56. The number of rotatable bonds is 2. The Bertz CT molecular complexity index is 346. The summed E-state index contributed by atoms with van der Waals surface area (Å²) < 4.78 is 4.92. The highest BCUT2D eigenvalue weighted by Crippen LogP contribution is 2.56. The largest absolute Gasteiger partial charge is 0.465 e. The molecule has 0 aromatic rings. The molecular formula is C11H14O4. The molecule has 2 fully saturated rings. The zero-order valence-electron chi connectivity index (χ0n) is 8.91. The Morgan fingerprint density at radius 2 is 2.20 bits per heavy atom. The molecule has 2 rings (SSSR count). The fraction of sp³-hybridized carbons (Fsp3) is 0.727. The molecule has 0 saturated heterocycles. The molecule has 0 amide bonds. The average Bonchev–Trinajstić information content (AvgIpc) is 2.95. The van der Waals surface area contributed by atoms with E-state index in [1.165, 1.54) is 0 Å². The van der Waals surface area contributed by atoms with E-state index in [-0.39, 0.29) is 36.4 Å². The van der Waals surface area contributed by atoms with Gasteiger partial charge >= 0.3 is 5.97 Å². The molecule has 0 spiro atoms. The van der Waals surface area contributed by atoms with Gasteiger partial charge in [0.05, 0.1) is 13.0 Å². The number of fused-ring (bicyclic) bond motifs is 1. The maximum Gasteiger partial charge on any atom is 0.319 e. The summed E-state index contributed by atoms with van der Waals surface area (Å²) in [5.41, 5.74) is -1.06. The summed E-state index contributed by atoms with van der Waals surface area (Å²) in [5.74, 6) is -0.922. The molecule has 4 heteroatoms. The molecule has 0 bridgehead atoms. The first kappa shape index (κ1) is 10.3. The Hall–Kier alpha value is -1.19. The van der Waals surface area contributed by atoms with Crippen molar-refractivity contribution in [3.8, 4) is 0 Å². The van der Waals surface area contributed by atoms with Gasteiger partial charge in [0.15, 0.2) is 5.78 Å². The van der Waals surface area contributed by atoms with Crippen molar-refractivity contribution in [2.24, 2.45) is 17.3 Å². The maximum absolute atomic E-state index is 11.8. The van der Waals surface area contributed by atoms with Crippen molar-refractivity contribution in [2.75, 3.05) is 6.61 Å². The van der Waals surface area contributed by atoms with Crippen LogP contribution in [0.3, 0.4) is 0 Å². The second kappa shape index (κ2) is 3.15. The minimum Gasteiger partial charge on any atom is -0.465 e. The van der Waals surface area contributed by atoms with Gasteiger partial charge in [-0.05, 0) is 26.2 Å². The molecule has 0 aromatic heterocycles. The lowest BCUT2D eigenvalue weighted by Gasteiger charge is -2.28. The van der Waals surface area contributed by atoms with Gasteiger partial charge < -0.3 is 4.74 Å². The average molecular weight is 210 g/mol. The lowest BCUT2D eigenvalue weighted by Crippen LogP contribution is -2.44. The van der Waals surface area contributed by atoms with E-state index in [0.29, 0.717) is 6.42 Å². The number of ketones is 2. The van der Waals surface area contributed by atoms with Crippen LogP contribution in [0.25, 0.3) is 0 Å². The van der Waals surface area contributed by atoms with Crippen molar-refractivity contribution < 1.29 is 19.1 Å². The molecule has 82 valence electrons. The van der Waals surface area contributed by atoms with Crippen molar-refractivity contribution in [3.63, 3.8) is 0 Å². The number of Topliss-reactive ketones (excluding diaryl/α,β-unsaturated/α-hetero) is 2. The number of esters is 1. The van der Waals surface area contributed by atoms with Gasteiger partial charge in [-0.3, -0.25) is 14.4 Å². The quantitative estimate of drug-likeness (QED) is 0.498. The first-order chi connectivity index (χ1) is 7.01. The first-order valence-electron chi connectivity index (χ1n) is 5.25. The van der Waals surface area contributed by atoms with Gasteiger partial charge in [-0.15, -0.1) is 0 Å². The Morgan fingerprint density at radius 3 is 2.80 bits per heavy atom. The second-order valence-electron chi connectivity index (χ2n) is 4.44. The fourth-order valence-corrected chi connectivity index (χ4v) is 2.41. The predicted octanol–water partition coefficient (Wildman–Crippen LogP) is 0.734. The van der Waals surface area contributed by atoms with E-state index < -0.39 is 11.4 Å². The maximum atomic E-state index is 11.8. The molecule has 0 aromatic carbocycles. The highest BCUT2D eigenvalue weighted by Gasteiger charge is 2.64. The summed E-state index contributed by atoms with van der Waals surface area (Å²) in [4.78, 5) is 34.8. The number of carbonyl (C=O) groups excluding carboxylic acids is 3. The first-order valence-corrected chi connectivity index (χ1v) is 5.25. The van der Waals surface area contributed by atoms with Crippen LogP contribution >= 0.6 is 0 Å². The van der Waals surface area contributed by atoms with Crippen LogP contribution < -0.4 is 0 Å². The lowest BCUT2D eigenvalue weighted by molar-refractivity contribution is -0.162. The molecule has 0 radical (unpaired) electrons. The van der Waals surface area contributed by atoms with Crippen molar-refractivity contribution in [1.29, 1.82) is 0 Å². The Labute approximate surface area is 88.0 Å². The predicted molar refractivity (Wildman–Crippen MR) is 51.0 cm³/mol. The van der Waals surface area contributed by atoms with Crippen LogP contribution in [0, 0.1) is 17.3 Å². The standard InChI is InChI=1S/C11H14O4/c1-3-15-10(14)11(2)7-4-6(7)8(12)5-9(11)13/h6-7H,3-5H2,1-2H3/t6-,7+,11+/m1/s1. The van der Waals surface area contributed by atoms with Gasteiger partial charge in [-0.2, -0.15) is 0 Å². The van der Waals surface area contributed by atoms with Crippen LogP contribution in [0.5, 0.6) is 0 Å². The van der Waals surface area contributed by atoms with Crippen LogP contribution in [-0.2, 0) is 19.1 Å². The van der Waals surface area contributed by atoms with Crippen molar-refractivity contribution in [3.05, 3.63) is 0 Å². The van der Waals surface area contributed by atoms with Gasteiger partial charge in [-0.25, -0.2) is 0 Å². The minimum atomic E-state index is -1.06. The summed E-state index contributed by atoms with van der Waals surface area (Å²) in [6.45, 7) is 3.60. The van der Waals surface area contributed by atoms with E-state index in [1.807, 2.05) is 0 Å². The Morgan fingerprint density at radius 1 is 1.53 bits per heavy atom. The zero-order valence-corrected chi connectivity index (χ0v) is 8.91. The van der Waals surface area contributed by atoms with Gasteiger partial charge in [0.25, 0.3) is 0 Å². The van der Waals surface area contributed by atoms with Gasteiger partial charge in [-0.1, -0.05) is 0 Å². The Balaban J connectivity index is 2.24. The topological polar surface area (TPSA) is 60.4 Å². The molecule has 2 saturated carbocycles. The lowest BCUT2D eigenvalue weighted by atomic mass is 9.73. The van der Waals surface area contributed by atoms with E-state index in [9.17, 15) is 14.4 Å². The monoisotopic (exact) mass is 210 g/mol. The third kappa shape index (κ3) is 1.31. The summed E-state index contributed by atoms with van der Waals surface area (Å²) in [6.07, 6.45) is 0.566. The molecule has 15 heavy (non-hydrogen) atoms. The van der Waals surface area contributed by atoms with Gasteiger partial charge in [0, 0.05) is 5.92 Å². The molecule has 4 nitrogen and oxygen atoms in total. The number of hydrogen-bond donors (Lipinski definition) is 0. The molecule has 3 atom stereocenters. The number of carbonyl (C=O) groups is 3. The molecule has 0 heterocycles. The SMILES string of the molecule is CCOC(=O)[C@]1(C)C(=O)CC(=O)[C@@H]2C[C@@H]21. The highest BCUT2D eigenvalue weighted by atomic mass is 16.5. The second-order valence-corrected chi connectivity index (χ2v) is 4.44. The van der Waals surface area contributed by atoms with Crippen LogP contribution in [0.4, 0.5) is 0 Å². The van der Waals surface area contributed by atoms with E-state index in [4.69, 9.17) is 4.74 Å². The van der Waals surface area contributed by atoms with Crippen molar-refractivity contribution in [1.82, 2.24) is 0 Å².